The monoisotopic (exact) mass is 533 g/mol. The average molecular weight is 534 g/mol. The van der Waals surface area contributed by atoms with Gasteiger partial charge in [-0.05, 0) is 67.3 Å². The summed E-state index contributed by atoms with van der Waals surface area (Å²) in [5.74, 6) is -0.400. The molecule has 2 N–H and O–H groups in total. The number of hydrogen-bond acceptors (Lipinski definition) is 6. The molecule has 9 nitrogen and oxygen atoms in total. The predicted octanol–water partition coefficient (Wildman–Crippen LogP) is 4.47. The highest BCUT2D eigenvalue weighted by atomic mass is 19.1. The first-order valence-electron chi connectivity index (χ1n) is 13.4. The number of nitrogens with zero attached hydrogens (tertiary/aromatic N) is 5. The van der Waals surface area contributed by atoms with Crippen molar-refractivity contribution in [2.75, 3.05) is 6.54 Å². The molecule has 1 aliphatic heterocycles. The number of carbonyl (C=O) groups is 2. The highest BCUT2D eigenvalue weighted by Gasteiger charge is 2.45. The molecule has 0 radical (unpaired) electrons. The van der Waals surface area contributed by atoms with Crippen LogP contribution in [0.3, 0.4) is 0 Å². The molecule has 1 aromatic heterocycles. The molecule has 1 unspecified atom stereocenters. The summed E-state index contributed by atoms with van der Waals surface area (Å²) in [7, 11) is 0. The summed E-state index contributed by atoms with van der Waals surface area (Å²) >= 11 is 0. The number of aromatic amines is 1. The van der Waals surface area contributed by atoms with E-state index >= 15 is 0 Å². The van der Waals surface area contributed by atoms with Crippen LogP contribution >= 0.6 is 0 Å². The second kappa shape index (κ2) is 11.8. The van der Waals surface area contributed by atoms with Gasteiger partial charge >= 0.3 is 0 Å². The van der Waals surface area contributed by atoms with E-state index in [0.717, 1.165) is 24.8 Å². The Morgan fingerprint density at radius 2 is 1.92 bits per heavy atom. The molecular weight excluding hydrogens is 497 g/mol. The fourth-order valence-corrected chi connectivity index (χ4v) is 4.89. The number of halogens is 1. The SMILES string of the molecule is CCC1(CCCC(C)(C)C)N=C(c2cccc(F)c2)C(=O)N1CCc1ccc(C(=O)NCc2nn[nH]n2)cc1. The van der Waals surface area contributed by atoms with Gasteiger partial charge in [-0.25, -0.2) is 4.39 Å². The van der Waals surface area contributed by atoms with Crippen LogP contribution in [0.4, 0.5) is 4.39 Å². The molecule has 2 heterocycles. The first-order chi connectivity index (χ1) is 18.6. The lowest BCUT2D eigenvalue weighted by molar-refractivity contribution is -0.128. The molecule has 0 aliphatic carbocycles. The Bertz CT molecular complexity index is 1320. The van der Waals surface area contributed by atoms with Crippen LogP contribution in [0.25, 0.3) is 0 Å². The minimum Gasteiger partial charge on any atom is -0.345 e. The Hall–Kier alpha value is -3.95. The maximum Gasteiger partial charge on any atom is 0.274 e. The van der Waals surface area contributed by atoms with Gasteiger partial charge in [0, 0.05) is 17.7 Å². The van der Waals surface area contributed by atoms with Gasteiger partial charge in [-0.2, -0.15) is 5.21 Å². The Labute approximate surface area is 228 Å². The van der Waals surface area contributed by atoms with Crippen molar-refractivity contribution in [2.45, 2.75) is 72.0 Å². The van der Waals surface area contributed by atoms with Gasteiger partial charge < -0.3 is 10.2 Å². The average Bonchev–Trinajstić information content (AvgIpc) is 3.52. The molecule has 0 fully saturated rings. The minimum atomic E-state index is -0.668. The van der Waals surface area contributed by atoms with Crippen LogP contribution < -0.4 is 5.32 Å². The number of rotatable bonds is 11. The molecule has 1 aliphatic rings. The van der Waals surface area contributed by atoms with Crippen molar-refractivity contribution >= 4 is 17.5 Å². The van der Waals surface area contributed by atoms with Gasteiger partial charge in [0.15, 0.2) is 5.82 Å². The predicted molar refractivity (Wildman–Crippen MR) is 146 cm³/mol. The zero-order chi connectivity index (χ0) is 28.0. The maximum absolute atomic E-state index is 14.0. The van der Waals surface area contributed by atoms with Crippen LogP contribution in [0.1, 0.15) is 80.7 Å². The zero-order valence-corrected chi connectivity index (χ0v) is 23.0. The van der Waals surface area contributed by atoms with Gasteiger partial charge in [0.2, 0.25) is 0 Å². The van der Waals surface area contributed by atoms with Crippen molar-refractivity contribution < 1.29 is 14.0 Å². The number of aliphatic imine (C=N–C) groups is 1. The lowest BCUT2D eigenvalue weighted by Crippen LogP contribution is -2.47. The number of tetrazole rings is 1. The zero-order valence-electron chi connectivity index (χ0n) is 23.0. The lowest BCUT2D eigenvalue weighted by atomic mass is 9.87. The van der Waals surface area contributed by atoms with Gasteiger partial charge in [0.05, 0.1) is 6.54 Å². The molecule has 206 valence electrons. The summed E-state index contributed by atoms with van der Waals surface area (Å²) in [5, 5.41) is 16.2. The van der Waals surface area contributed by atoms with Crippen LogP contribution in [0.15, 0.2) is 53.5 Å². The summed E-state index contributed by atoms with van der Waals surface area (Å²) in [4.78, 5) is 33.0. The van der Waals surface area contributed by atoms with Crippen LogP contribution in [-0.4, -0.2) is 55.3 Å². The van der Waals surface area contributed by atoms with E-state index in [0.29, 0.717) is 42.0 Å². The fraction of sp³-hybridized carbons (Fsp3) is 0.448. The van der Waals surface area contributed by atoms with Crippen molar-refractivity contribution in [1.82, 2.24) is 30.8 Å². The van der Waals surface area contributed by atoms with Gasteiger partial charge in [0.25, 0.3) is 11.8 Å². The van der Waals surface area contributed by atoms with Crippen LogP contribution in [0.2, 0.25) is 0 Å². The Balaban J connectivity index is 1.48. The third-order valence-electron chi connectivity index (χ3n) is 7.07. The summed E-state index contributed by atoms with van der Waals surface area (Å²) < 4.78 is 14.0. The molecule has 0 spiro atoms. The summed E-state index contributed by atoms with van der Waals surface area (Å²) in [6, 6.07) is 13.4. The van der Waals surface area contributed by atoms with E-state index in [1.54, 1.807) is 24.3 Å². The van der Waals surface area contributed by atoms with Gasteiger partial charge in [0.1, 0.15) is 17.2 Å². The summed E-state index contributed by atoms with van der Waals surface area (Å²) in [6.07, 6.45) is 3.95. The molecule has 0 saturated heterocycles. The topological polar surface area (TPSA) is 116 Å². The molecule has 39 heavy (non-hydrogen) atoms. The summed E-state index contributed by atoms with van der Waals surface area (Å²) in [5.41, 5.74) is 1.85. The van der Waals surface area contributed by atoms with E-state index in [4.69, 9.17) is 4.99 Å². The van der Waals surface area contributed by atoms with Crippen molar-refractivity contribution in [1.29, 1.82) is 0 Å². The molecule has 2 aromatic carbocycles. The number of hydrogen-bond donors (Lipinski definition) is 2. The van der Waals surface area contributed by atoms with Crippen LogP contribution in [0.5, 0.6) is 0 Å². The van der Waals surface area contributed by atoms with Crippen LogP contribution in [0, 0.1) is 11.2 Å². The Kier molecular flexibility index (Phi) is 8.52. The molecule has 2 amide bonds. The number of benzene rings is 2. The highest BCUT2D eigenvalue weighted by molar-refractivity contribution is 6.46. The maximum atomic E-state index is 14.0. The number of amides is 2. The van der Waals surface area contributed by atoms with E-state index < -0.39 is 11.5 Å². The van der Waals surface area contributed by atoms with Crippen molar-refractivity contribution in [3.8, 4) is 0 Å². The third kappa shape index (κ3) is 6.93. The fourth-order valence-electron chi connectivity index (χ4n) is 4.89. The Morgan fingerprint density at radius 3 is 2.56 bits per heavy atom. The molecule has 1 atom stereocenters. The van der Waals surface area contributed by atoms with E-state index in [-0.39, 0.29) is 23.8 Å². The van der Waals surface area contributed by atoms with E-state index in [2.05, 4.69) is 53.6 Å². The molecule has 0 bridgehead atoms. The van der Waals surface area contributed by atoms with Gasteiger partial charge in [-0.3, -0.25) is 14.6 Å². The first-order valence-corrected chi connectivity index (χ1v) is 13.4. The highest BCUT2D eigenvalue weighted by Crippen LogP contribution is 2.36. The van der Waals surface area contributed by atoms with Crippen molar-refractivity contribution in [3.63, 3.8) is 0 Å². The van der Waals surface area contributed by atoms with Crippen molar-refractivity contribution in [2.24, 2.45) is 10.4 Å². The minimum absolute atomic E-state index is 0.171. The van der Waals surface area contributed by atoms with E-state index in [1.165, 1.54) is 12.1 Å². The largest absolute Gasteiger partial charge is 0.345 e. The third-order valence-corrected chi connectivity index (χ3v) is 7.07. The lowest BCUT2D eigenvalue weighted by Gasteiger charge is -2.36. The van der Waals surface area contributed by atoms with E-state index in [9.17, 15) is 14.0 Å². The number of H-pyrrole nitrogens is 1. The van der Waals surface area contributed by atoms with Gasteiger partial charge in [-0.1, -0.05) is 57.2 Å². The van der Waals surface area contributed by atoms with Crippen molar-refractivity contribution in [3.05, 3.63) is 76.9 Å². The first kappa shape index (κ1) is 28.1. The summed E-state index contributed by atoms with van der Waals surface area (Å²) in [6.45, 7) is 9.32. The molecular formula is C29H36FN7O2. The quantitative estimate of drug-likeness (QED) is 0.377. The molecule has 10 heteroatoms. The number of aromatic nitrogens is 4. The molecule has 0 saturated carbocycles. The second-order valence-corrected chi connectivity index (χ2v) is 11.1. The Morgan fingerprint density at radius 1 is 1.15 bits per heavy atom. The number of carbonyl (C=O) groups excluding carboxylic acids is 2. The second-order valence-electron chi connectivity index (χ2n) is 11.1. The van der Waals surface area contributed by atoms with Crippen LogP contribution in [-0.2, 0) is 17.8 Å². The molecule has 3 aromatic rings. The van der Waals surface area contributed by atoms with E-state index in [1.807, 2.05) is 17.0 Å². The number of nitrogens with one attached hydrogen (secondary N) is 2. The molecule has 4 rings (SSSR count). The van der Waals surface area contributed by atoms with Gasteiger partial charge in [-0.15, -0.1) is 10.2 Å². The normalized spacial score (nSPS) is 17.4. The standard InChI is InChI=1S/C29H36FN7O2/c1-5-29(16-7-15-28(2,3)4)32-25(22-8-6-9-23(30)18-22)27(39)37(29)17-14-20-10-12-21(13-11-20)26(38)31-19-24-33-35-36-34-24/h6,8-13,18H,5,7,14-17,19H2,1-4H3,(H,31,38)(H,33,34,35,36). The smallest absolute Gasteiger partial charge is 0.274 e.